The number of nitrogens with two attached hydrogens (primary N) is 3. The first-order valence-corrected chi connectivity index (χ1v) is 16.8. The molecule has 0 aromatic heterocycles. The van der Waals surface area contributed by atoms with Gasteiger partial charge in [0.1, 0.15) is 18.1 Å². The fourth-order valence-corrected chi connectivity index (χ4v) is 4.37. The molecule has 3 amide bonds. The molecular weight excluding hydrogens is 728 g/mol. The molecule has 6 N–H and O–H groups in total. The molecule has 3 unspecified atom stereocenters. The van der Waals surface area contributed by atoms with Crippen LogP contribution in [0.2, 0.25) is 0 Å². The molecule has 0 aromatic carbocycles. The maximum atomic E-state index is 12.3. The number of ether oxygens (including phenoxy) is 3. The van der Waals surface area contributed by atoms with Crippen LogP contribution in [0.15, 0.2) is 34.9 Å². The van der Waals surface area contributed by atoms with Gasteiger partial charge in [-0.05, 0) is 59.3 Å². The Morgan fingerprint density at radius 3 is 0.981 bits per heavy atom. The van der Waals surface area contributed by atoms with Crippen molar-refractivity contribution < 1.29 is 60.0 Å². The van der Waals surface area contributed by atoms with Crippen LogP contribution >= 0.6 is 0 Å². The molecule has 1 heterocycles. The molecule has 18 nitrogen and oxygen atoms in total. The minimum Gasteiger partial charge on any atom is -0.756 e. The maximum absolute atomic E-state index is 12.3. The van der Waals surface area contributed by atoms with Gasteiger partial charge in [-0.3, -0.25) is 28.8 Å². The second kappa shape index (κ2) is 26.1. The van der Waals surface area contributed by atoms with E-state index in [1.165, 1.54) is 0 Å². The van der Waals surface area contributed by atoms with Crippen molar-refractivity contribution in [1.29, 1.82) is 0 Å². The summed E-state index contributed by atoms with van der Waals surface area (Å²) < 4.78 is 15.4. The van der Waals surface area contributed by atoms with Crippen molar-refractivity contribution in [2.75, 3.05) is 39.5 Å². The maximum Gasteiger partial charge on any atom is 3.00 e. The molecule has 0 spiro atoms. The van der Waals surface area contributed by atoms with E-state index in [9.17, 15) is 44.4 Å². The van der Waals surface area contributed by atoms with E-state index in [-0.39, 0.29) is 130 Å². The summed E-state index contributed by atoms with van der Waals surface area (Å²) in [5.74, 6) is -4.71. The SMILES string of the molecule is CC1=CC(=O)N([O-])CCCC(N)C(=O)OCCC(C)=CC(=O)N([O-])CCCC(N)C(=O)OCCC(C)=CC(=O)N([O-])CCCC(N)C(=O)OCC1.[Fe+3]. The van der Waals surface area contributed by atoms with E-state index < -0.39 is 53.8 Å². The van der Waals surface area contributed by atoms with E-state index in [4.69, 9.17) is 31.4 Å². The Morgan fingerprint density at radius 2 is 0.750 bits per heavy atom. The molecule has 0 bridgehead atoms. The zero-order chi connectivity index (χ0) is 38.5. The predicted octanol–water partition coefficient (Wildman–Crippen LogP) is 0.938. The normalized spacial score (nSPS) is 24.1. The van der Waals surface area contributed by atoms with E-state index in [1.54, 1.807) is 20.8 Å². The van der Waals surface area contributed by atoms with Crippen LogP contribution in [0.3, 0.4) is 0 Å². The van der Waals surface area contributed by atoms with Gasteiger partial charge in [0.15, 0.2) is 0 Å². The third-order valence-electron chi connectivity index (χ3n) is 7.61. The average molecular weight is 780 g/mol. The Bertz CT molecular complexity index is 1140. The van der Waals surface area contributed by atoms with Crippen molar-refractivity contribution in [1.82, 2.24) is 15.2 Å². The van der Waals surface area contributed by atoms with Crippen molar-refractivity contribution in [3.63, 3.8) is 0 Å². The van der Waals surface area contributed by atoms with Crippen molar-refractivity contribution >= 4 is 35.6 Å². The second-order valence-electron chi connectivity index (χ2n) is 12.3. The first-order chi connectivity index (χ1) is 24.0. The van der Waals surface area contributed by atoms with Gasteiger partial charge in [0.25, 0.3) is 0 Å². The summed E-state index contributed by atoms with van der Waals surface area (Å²) in [5.41, 5.74) is 18.9. The number of carbonyl (C=O) groups excluding carboxylic acids is 6. The Morgan fingerprint density at radius 1 is 0.519 bits per heavy atom. The van der Waals surface area contributed by atoms with Crippen LogP contribution in [0, 0.1) is 15.6 Å². The smallest absolute Gasteiger partial charge is 0.756 e. The first kappa shape index (κ1) is 48.3. The van der Waals surface area contributed by atoms with Crippen molar-refractivity contribution in [2.24, 2.45) is 17.2 Å². The number of hydrogen-bond donors (Lipinski definition) is 3. The van der Waals surface area contributed by atoms with Gasteiger partial charge in [0, 0.05) is 57.1 Å². The van der Waals surface area contributed by atoms with Gasteiger partial charge in [-0.25, -0.2) is 0 Å². The third kappa shape index (κ3) is 20.4. The summed E-state index contributed by atoms with van der Waals surface area (Å²) in [4.78, 5) is 73.4. The average Bonchev–Trinajstić information content (AvgIpc) is 3.06. The van der Waals surface area contributed by atoms with Crippen LogP contribution < -0.4 is 17.2 Å². The summed E-state index contributed by atoms with van der Waals surface area (Å²) in [7, 11) is 0. The topological polar surface area (TPSA) is 287 Å². The Hall–Kier alpha value is -3.68. The zero-order valence-electron chi connectivity index (χ0n) is 29.9. The van der Waals surface area contributed by atoms with E-state index in [1.807, 2.05) is 0 Å². The molecule has 1 rings (SSSR count). The van der Waals surface area contributed by atoms with Crippen molar-refractivity contribution in [3.8, 4) is 0 Å². The number of cyclic esters (lactones) is 3. The Labute approximate surface area is 314 Å². The van der Waals surface area contributed by atoms with Gasteiger partial charge in [-0.2, -0.15) is 0 Å². The van der Waals surface area contributed by atoms with Gasteiger partial charge in [0.2, 0.25) is 17.7 Å². The molecule has 293 valence electrons. The minimum absolute atomic E-state index is 0. The molecule has 19 heteroatoms. The minimum atomic E-state index is -1.06. The summed E-state index contributed by atoms with van der Waals surface area (Å²) in [6.07, 6.45) is 4.27. The largest absolute Gasteiger partial charge is 3.00 e. The van der Waals surface area contributed by atoms with Crippen LogP contribution in [0.4, 0.5) is 0 Å². The predicted molar refractivity (Wildman–Crippen MR) is 185 cm³/mol. The zero-order valence-corrected chi connectivity index (χ0v) is 31.0. The molecule has 0 saturated heterocycles. The van der Waals surface area contributed by atoms with E-state index >= 15 is 0 Å². The van der Waals surface area contributed by atoms with Crippen LogP contribution in [0.25, 0.3) is 0 Å². The number of amides is 3. The molecule has 1 radical (unpaired) electrons. The Kier molecular flexibility index (Phi) is 24.3. The van der Waals surface area contributed by atoms with Gasteiger partial charge in [-0.15, -0.1) is 0 Å². The molecule has 0 saturated carbocycles. The van der Waals surface area contributed by atoms with Crippen LogP contribution in [-0.2, 0) is 60.0 Å². The fraction of sp³-hybridized carbons (Fsp3) is 0.636. The standard InChI is InChI=1S/C33H51N6O12.Fe/c1-22-10-16-49-31(43)25(34)8-5-14-38(47)29(41)20-24(3)12-18-51-33(45)27(36)9-6-15-39(48)30(42)21-23(2)11-17-50-32(44)26(35)7-4-13-37(46)28(40)19-22;/h19-21,25-27H,4-18,34-36H2,1-3H3;/q-3;+3. The van der Waals surface area contributed by atoms with E-state index in [0.717, 1.165) is 18.2 Å². The number of carbonyl (C=O) groups is 6. The number of esters is 3. The quantitative estimate of drug-likeness (QED) is 0.175. The van der Waals surface area contributed by atoms with Crippen LogP contribution in [-0.4, -0.2) is 108 Å². The molecule has 0 fully saturated rings. The molecule has 0 aliphatic carbocycles. The van der Waals surface area contributed by atoms with Crippen LogP contribution in [0.5, 0.6) is 0 Å². The van der Waals surface area contributed by atoms with Gasteiger partial charge >= 0.3 is 35.0 Å². The molecule has 1 aliphatic rings. The molecular formula is C33H51FeN6O12. The Balaban J connectivity index is 0.0000260. The molecule has 0 aromatic rings. The van der Waals surface area contributed by atoms with E-state index in [0.29, 0.717) is 16.7 Å². The number of hydrogen-bond acceptors (Lipinski definition) is 15. The monoisotopic (exact) mass is 779 g/mol. The summed E-state index contributed by atoms with van der Waals surface area (Å²) in [5, 5.41) is 37.2. The first-order valence-electron chi connectivity index (χ1n) is 16.8. The summed E-state index contributed by atoms with van der Waals surface area (Å²) in [6, 6.07) is -3.17. The van der Waals surface area contributed by atoms with Gasteiger partial charge in [0.05, 0.1) is 19.8 Å². The molecule has 52 heavy (non-hydrogen) atoms. The number of nitrogens with zero attached hydrogens (tertiary/aromatic N) is 3. The summed E-state index contributed by atoms with van der Waals surface area (Å²) >= 11 is 0. The number of hydroxylamine groups is 6. The van der Waals surface area contributed by atoms with Crippen molar-refractivity contribution in [3.05, 3.63) is 50.6 Å². The second-order valence-corrected chi connectivity index (χ2v) is 12.3. The number of rotatable bonds is 0. The van der Waals surface area contributed by atoms with Crippen molar-refractivity contribution in [2.45, 2.75) is 96.7 Å². The van der Waals surface area contributed by atoms with Gasteiger partial charge in [-0.1, -0.05) is 16.7 Å². The fourth-order valence-electron chi connectivity index (χ4n) is 4.37. The molecule has 3 atom stereocenters. The summed E-state index contributed by atoms with van der Waals surface area (Å²) in [6.45, 7) is 3.68. The molecule has 1 aliphatic heterocycles. The van der Waals surface area contributed by atoms with E-state index in [2.05, 4.69) is 0 Å². The van der Waals surface area contributed by atoms with Crippen LogP contribution in [0.1, 0.15) is 78.6 Å². The third-order valence-corrected chi connectivity index (χ3v) is 7.61. The van der Waals surface area contributed by atoms with Gasteiger partial charge < -0.3 is 62.2 Å².